The molecule has 2 unspecified atom stereocenters. The van der Waals surface area contributed by atoms with Gasteiger partial charge in [-0.05, 0) is 44.2 Å². The third kappa shape index (κ3) is 3.89. The monoisotopic (exact) mass is 330 g/mol. The largest absolute Gasteiger partial charge is 0.456 e. The van der Waals surface area contributed by atoms with E-state index in [2.05, 4.69) is 33.8 Å². The van der Waals surface area contributed by atoms with Crippen molar-refractivity contribution in [1.29, 1.82) is 0 Å². The van der Waals surface area contributed by atoms with Gasteiger partial charge in [0, 0.05) is 0 Å². The van der Waals surface area contributed by atoms with Crippen LogP contribution in [-0.4, -0.2) is 42.7 Å². The maximum atomic E-state index is 12.5. The van der Waals surface area contributed by atoms with Gasteiger partial charge in [0.15, 0.2) is 0 Å². The summed E-state index contributed by atoms with van der Waals surface area (Å²) in [6.07, 6.45) is 5.14. The van der Waals surface area contributed by atoms with Crippen LogP contribution in [0.5, 0.6) is 0 Å². The fraction of sp³-hybridized carbons (Fsp3) is 0.571. The van der Waals surface area contributed by atoms with Crippen LogP contribution in [0.2, 0.25) is 0 Å². The molecule has 3 heteroatoms. The molecule has 2 atom stereocenters. The molecule has 3 nitrogen and oxygen atoms in total. The van der Waals surface area contributed by atoms with E-state index >= 15 is 0 Å². The summed E-state index contributed by atoms with van der Waals surface area (Å²) in [6.45, 7) is 12.7. The van der Waals surface area contributed by atoms with Crippen LogP contribution < -0.4 is 0 Å². The molecule has 0 aliphatic heterocycles. The Hall–Kier alpha value is -1.61. The second kappa shape index (κ2) is 8.48. The molecule has 24 heavy (non-hydrogen) atoms. The quantitative estimate of drug-likeness (QED) is 0.501. The fourth-order valence-corrected chi connectivity index (χ4v) is 3.89. The van der Waals surface area contributed by atoms with Crippen LogP contribution >= 0.6 is 0 Å². The van der Waals surface area contributed by atoms with Crippen molar-refractivity contribution in [3.63, 3.8) is 0 Å². The molecule has 1 aromatic rings. The Balaban J connectivity index is 1.96. The Kier molecular flexibility index (Phi) is 6.61. The van der Waals surface area contributed by atoms with E-state index in [0.29, 0.717) is 12.6 Å². The molecule has 0 saturated carbocycles. The third-order valence-electron chi connectivity index (χ3n) is 5.65. The molecule has 2 rings (SSSR count). The van der Waals surface area contributed by atoms with Crippen LogP contribution in [0.15, 0.2) is 30.3 Å². The smallest absolute Gasteiger partial charge is 0.338 e. The molecule has 1 aromatic carbocycles. The lowest BCUT2D eigenvalue weighted by Gasteiger charge is -2.42. The molecule has 0 bridgehead atoms. The second-order valence-electron chi connectivity index (χ2n) is 6.85. The van der Waals surface area contributed by atoms with Crippen molar-refractivity contribution in [2.45, 2.75) is 53.0 Å². The average Bonchev–Trinajstić information content (AvgIpc) is 3.04. The van der Waals surface area contributed by atoms with E-state index in [4.69, 9.17) is 4.74 Å². The van der Waals surface area contributed by atoms with E-state index in [1.165, 1.54) is 5.56 Å². The SMILES string of the molecule is CCC[N+](CC)(CCOC(=O)C1=CCc2ccccc21)C(C)CC. The van der Waals surface area contributed by atoms with Gasteiger partial charge in [-0.1, -0.05) is 44.2 Å². The number of rotatable bonds is 9. The minimum absolute atomic E-state index is 0.171. The lowest BCUT2D eigenvalue weighted by molar-refractivity contribution is -0.948. The zero-order valence-corrected chi connectivity index (χ0v) is 15.7. The van der Waals surface area contributed by atoms with E-state index in [-0.39, 0.29) is 5.97 Å². The molecule has 0 radical (unpaired) electrons. The van der Waals surface area contributed by atoms with Gasteiger partial charge in [-0.15, -0.1) is 0 Å². The Morgan fingerprint density at radius 2 is 1.96 bits per heavy atom. The number of ether oxygens (including phenoxy) is 1. The van der Waals surface area contributed by atoms with E-state index in [1.807, 2.05) is 24.3 Å². The Labute approximate surface area is 146 Å². The Morgan fingerprint density at radius 3 is 2.62 bits per heavy atom. The number of fused-ring (bicyclic) bond motifs is 1. The predicted molar refractivity (Wildman–Crippen MR) is 99.7 cm³/mol. The molecule has 0 saturated heterocycles. The molecule has 0 spiro atoms. The average molecular weight is 330 g/mol. The highest BCUT2D eigenvalue weighted by atomic mass is 16.5. The topological polar surface area (TPSA) is 26.3 Å². The highest BCUT2D eigenvalue weighted by Crippen LogP contribution is 2.28. The van der Waals surface area contributed by atoms with Gasteiger partial charge in [-0.2, -0.15) is 0 Å². The normalized spacial score (nSPS) is 16.9. The number of hydrogen-bond acceptors (Lipinski definition) is 2. The number of carbonyl (C=O) groups excluding carboxylic acids is 1. The van der Waals surface area contributed by atoms with Gasteiger partial charge in [0.05, 0.1) is 24.7 Å². The van der Waals surface area contributed by atoms with Crippen molar-refractivity contribution in [2.24, 2.45) is 0 Å². The number of benzene rings is 1. The number of allylic oxidation sites excluding steroid dienone is 1. The molecule has 0 fully saturated rings. The van der Waals surface area contributed by atoms with Gasteiger partial charge in [-0.25, -0.2) is 4.79 Å². The van der Waals surface area contributed by atoms with Gasteiger partial charge in [-0.3, -0.25) is 0 Å². The van der Waals surface area contributed by atoms with Crippen molar-refractivity contribution >= 4 is 11.5 Å². The minimum atomic E-state index is -0.171. The first-order chi connectivity index (χ1) is 11.6. The van der Waals surface area contributed by atoms with Gasteiger partial charge < -0.3 is 9.22 Å². The molecule has 0 N–H and O–H groups in total. The van der Waals surface area contributed by atoms with E-state index in [1.54, 1.807) is 0 Å². The van der Waals surface area contributed by atoms with Crippen LogP contribution in [0.3, 0.4) is 0 Å². The molecular weight excluding hydrogens is 298 g/mol. The van der Waals surface area contributed by atoms with Gasteiger partial charge in [0.25, 0.3) is 0 Å². The number of likely N-dealkylation sites (N-methyl/N-ethyl adjacent to an activating group) is 1. The third-order valence-corrected chi connectivity index (χ3v) is 5.65. The second-order valence-corrected chi connectivity index (χ2v) is 6.85. The maximum absolute atomic E-state index is 12.5. The summed E-state index contributed by atoms with van der Waals surface area (Å²) in [5.41, 5.74) is 2.99. The fourth-order valence-electron chi connectivity index (χ4n) is 3.89. The molecule has 0 amide bonds. The van der Waals surface area contributed by atoms with Gasteiger partial charge >= 0.3 is 5.97 Å². The Bertz CT molecular complexity index is 593. The highest BCUT2D eigenvalue weighted by molar-refractivity contribution is 6.18. The summed E-state index contributed by atoms with van der Waals surface area (Å²) < 4.78 is 6.70. The predicted octanol–water partition coefficient (Wildman–Crippen LogP) is 4.21. The lowest BCUT2D eigenvalue weighted by Crippen LogP contribution is -2.56. The van der Waals surface area contributed by atoms with Crippen LogP contribution in [0.4, 0.5) is 0 Å². The molecule has 1 aliphatic carbocycles. The molecule has 0 aromatic heterocycles. The summed E-state index contributed by atoms with van der Waals surface area (Å²) in [6, 6.07) is 8.69. The van der Waals surface area contributed by atoms with E-state index in [0.717, 1.165) is 54.5 Å². The summed E-state index contributed by atoms with van der Waals surface area (Å²) >= 11 is 0. The van der Waals surface area contributed by atoms with Gasteiger partial charge in [0.2, 0.25) is 0 Å². The first-order valence-electron chi connectivity index (χ1n) is 9.39. The van der Waals surface area contributed by atoms with Crippen LogP contribution in [0, 0.1) is 0 Å². The van der Waals surface area contributed by atoms with Crippen molar-refractivity contribution in [2.75, 3.05) is 26.2 Å². The summed E-state index contributed by atoms with van der Waals surface area (Å²) in [4.78, 5) is 12.5. The highest BCUT2D eigenvalue weighted by Gasteiger charge is 2.31. The van der Waals surface area contributed by atoms with Gasteiger partial charge in [0.1, 0.15) is 13.2 Å². The summed E-state index contributed by atoms with van der Waals surface area (Å²) in [5.74, 6) is -0.171. The van der Waals surface area contributed by atoms with E-state index in [9.17, 15) is 4.79 Å². The van der Waals surface area contributed by atoms with Crippen molar-refractivity contribution < 1.29 is 14.0 Å². The zero-order chi connectivity index (χ0) is 17.6. The molecule has 1 aliphatic rings. The Morgan fingerprint density at radius 1 is 1.21 bits per heavy atom. The van der Waals surface area contributed by atoms with Crippen molar-refractivity contribution in [3.8, 4) is 0 Å². The van der Waals surface area contributed by atoms with Crippen LogP contribution in [0.25, 0.3) is 5.57 Å². The van der Waals surface area contributed by atoms with Crippen molar-refractivity contribution in [1.82, 2.24) is 0 Å². The molecule has 132 valence electrons. The zero-order valence-electron chi connectivity index (χ0n) is 15.7. The summed E-state index contributed by atoms with van der Waals surface area (Å²) in [5, 5.41) is 0. The standard InChI is InChI=1S/C21H32NO2/c1-5-14-22(7-3,17(4)6-2)15-16-24-21(23)20-13-12-18-10-8-9-11-19(18)20/h8-11,13,17H,5-7,12,14-16H2,1-4H3/q+1. The molecule has 0 heterocycles. The maximum Gasteiger partial charge on any atom is 0.338 e. The van der Waals surface area contributed by atoms with Crippen LogP contribution in [0.1, 0.15) is 51.7 Å². The first kappa shape index (κ1) is 18.7. The summed E-state index contributed by atoms with van der Waals surface area (Å²) in [7, 11) is 0. The number of esters is 1. The number of hydrogen-bond donors (Lipinski definition) is 0. The minimum Gasteiger partial charge on any atom is -0.456 e. The van der Waals surface area contributed by atoms with E-state index < -0.39 is 0 Å². The van der Waals surface area contributed by atoms with Crippen molar-refractivity contribution in [3.05, 3.63) is 41.5 Å². The number of carbonyl (C=O) groups is 1. The lowest BCUT2D eigenvalue weighted by atomic mass is 10.1. The number of quaternary nitrogens is 1. The van der Waals surface area contributed by atoms with Crippen LogP contribution in [-0.2, 0) is 16.0 Å². The first-order valence-corrected chi connectivity index (χ1v) is 9.39. The molecular formula is C21H32NO2+. The number of nitrogens with zero attached hydrogens (tertiary/aromatic N) is 1.